The van der Waals surface area contributed by atoms with Crippen LogP contribution in [-0.2, 0) is 19.1 Å². The summed E-state index contributed by atoms with van der Waals surface area (Å²) < 4.78 is 10.4. The van der Waals surface area contributed by atoms with Gasteiger partial charge in [0.05, 0.1) is 30.5 Å². The molecule has 0 unspecified atom stereocenters. The molecule has 156 valence electrons. The number of hydrogen-bond donors (Lipinski definition) is 1. The van der Waals surface area contributed by atoms with Crippen LogP contribution in [0, 0.1) is 0 Å². The number of nitrogens with zero attached hydrogens (tertiary/aromatic N) is 1. The maximum Gasteiger partial charge on any atom is 0.356 e. The zero-order valence-corrected chi connectivity index (χ0v) is 17.3. The Bertz CT molecular complexity index is 973. The molecule has 1 aliphatic heterocycles. The van der Waals surface area contributed by atoms with Gasteiger partial charge in [0.15, 0.2) is 0 Å². The molecule has 0 fully saturated rings. The molecule has 8 heteroatoms. The van der Waals surface area contributed by atoms with E-state index in [2.05, 4.69) is 5.32 Å². The van der Waals surface area contributed by atoms with Gasteiger partial charge in [-0.25, -0.2) is 14.4 Å². The van der Waals surface area contributed by atoms with Crippen molar-refractivity contribution >= 4 is 35.3 Å². The monoisotopic (exact) mass is 428 g/mol. The molecular formula is C22H21ClN2O5. The molecule has 0 spiro atoms. The molecule has 1 heterocycles. The molecule has 0 saturated heterocycles. The minimum atomic E-state index is -0.874. The fourth-order valence-corrected chi connectivity index (χ4v) is 3.30. The maximum absolute atomic E-state index is 13.1. The summed E-state index contributed by atoms with van der Waals surface area (Å²) in [6.07, 6.45) is 0. The van der Waals surface area contributed by atoms with Crippen LogP contribution in [0.1, 0.15) is 25.5 Å². The zero-order chi connectivity index (χ0) is 21.7. The van der Waals surface area contributed by atoms with E-state index < -0.39 is 24.0 Å². The van der Waals surface area contributed by atoms with Gasteiger partial charge in [0.1, 0.15) is 5.70 Å². The highest BCUT2D eigenvalue weighted by Gasteiger charge is 2.42. The zero-order valence-electron chi connectivity index (χ0n) is 16.6. The van der Waals surface area contributed by atoms with Crippen LogP contribution in [0.2, 0.25) is 5.02 Å². The number of urea groups is 1. The summed E-state index contributed by atoms with van der Waals surface area (Å²) in [7, 11) is 0. The van der Waals surface area contributed by atoms with E-state index in [0.29, 0.717) is 16.3 Å². The second-order valence-corrected chi connectivity index (χ2v) is 6.74. The third-order valence-electron chi connectivity index (χ3n) is 4.42. The molecule has 0 radical (unpaired) electrons. The normalized spacial score (nSPS) is 16.2. The molecule has 2 amide bonds. The molecular weight excluding hydrogens is 408 g/mol. The van der Waals surface area contributed by atoms with Gasteiger partial charge in [-0.2, -0.15) is 0 Å². The van der Waals surface area contributed by atoms with E-state index >= 15 is 0 Å². The molecule has 1 atom stereocenters. The fraction of sp³-hybridized carbons (Fsp3) is 0.227. The van der Waals surface area contributed by atoms with Gasteiger partial charge in [0.25, 0.3) is 0 Å². The summed E-state index contributed by atoms with van der Waals surface area (Å²) in [6, 6.07) is 13.7. The van der Waals surface area contributed by atoms with Gasteiger partial charge in [0.2, 0.25) is 0 Å². The second kappa shape index (κ2) is 9.45. The highest BCUT2D eigenvalue weighted by atomic mass is 35.5. The van der Waals surface area contributed by atoms with Crippen LogP contribution >= 0.6 is 11.6 Å². The predicted octanol–water partition coefficient (Wildman–Crippen LogP) is 3.99. The Balaban J connectivity index is 2.26. The SMILES string of the molecule is CCOC(=O)C1=C(C(=O)OCC)N(c2ccc(Cl)cc2)C(=O)N[C@H]1c1ccccc1. The number of carbonyl (C=O) groups excluding carboxylic acids is 3. The van der Waals surface area contributed by atoms with E-state index in [9.17, 15) is 14.4 Å². The summed E-state index contributed by atoms with van der Waals surface area (Å²) in [5, 5.41) is 3.26. The summed E-state index contributed by atoms with van der Waals surface area (Å²) in [5.41, 5.74) is 0.797. The molecule has 2 aromatic rings. The van der Waals surface area contributed by atoms with E-state index in [-0.39, 0.29) is 24.5 Å². The Morgan fingerprint density at radius 1 is 0.967 bits per heavy atom. The van der Waals surface area contributed by atoms with Crippen LogP contribution in [0.5, 0.6) is 0 Å². The van der Waals surface area contributed by atoms with Crippen molar-refractivity contribution in [1.29, 1.82) is 0 Å². The summed E-state index contributed by atoms with van der Waals surface area (Å²) >= 11 is 5.96. The lowest BCUT2D eigenvalue weighted by atomic mass is 9.94. The van der Waals surface area contributed by atoms with Crippen molar-refractivity contribution in [2.75, 3.05) is 18.1 Å². The van der Waals surface area contributed by atoms with Gasteiger partial charge in [0, 0.05) is 5.02 Å². The molecule has 1 N–H and O–H groups in total. The number of anilines is 1. The lowest BCUT2D eigenvalue weighted by Crippen LogP contribution is -2.51. The van der Waals surface area contributed by atoms with E-state index in [1.165, 1.54) is 0 Å². The average Bonchev–Trinajstić information content (AvgIpc) is 2.74. The van der Waals surface area contributed by atoms with Crippen LogP contribution in [0.4, 0.5) is 10.5 Å². The number of rotatable bonds is 6. The van der Waals surface area contributed by atoms with Crippen molar-refractivity contribution in [1.82, 2.24) is 5.32 Å². The molecule has 1 aliphatic rings. The standard InChI is InChI=1S/C22H21ClN2O5/c1-3-29-20(26)17-18(14-8-6-5-7-9-14)24-22(28)25(19(17)21(27)30-4-2)16-12-10-15(23)11-13-16/h5-13,18H,3-4H2,1-2H3,(H,24,28)/t18-/m0/s1. The van der Waals surface area contributed by atoms with E-state index in [4.69, 9.17) is 21.1 Å². The molecule has 0 saturated carbocycles. The van der Waals surface area contributed by atoms with Gasteiger partial charge in [-0.15, -0.1) is 0 Å². The van der Waals surface area contributed by atoms with Gasteiger partial charge in [-0.1, -0.05) is 41.9 Å². The largest absolute Gasteiger partial charge is 0.463 e. The van der Waals surface area contributed by atoms with Crippen LogP contribution in [0.25, 0.3) is 0 Å². The lowest BCUT2D eigenvalue weighted by molar-refractivity contribution is -0.142. The topological polar surface area (TPSA) is 84.9 Å². The van der Waals surface area contributed by atoms with Crippen molar-refractivity contribution in [2.45, 2.75) is 19.9 Å². The Kier molecular flexibility index (Phi) is 6.74. The molecule has 0 bridgehead atoms. The maximum atomic E-state index is 13.1. The summed E-state index contributed by atoms with van der Waals surface area (Å²) in [5.74, 6) is -1.51. The molecule has 7 nitrogen and oxygen atoms in total. The lowest BCUT2D eigenvalue weighted by Gasteiger charge is -2.35. The number of amides is 2. The average molecular weight is 429 g/mol. The minimum Gasteiger partial charge on any atom is -0.463 e. The Hall–Kier alpha value is -3.32. The smallest absolute Gasteiger partial charge is 0.356 e. The Morgan fingerprint density at radius 3 is 2.17 bits per heavy atom. The number of halogens is 1. The first-order valence-electron chi connectivity index (χ1n) is 9.47. The van der Waals surface area contributed by atoms with Crippen molar-refractivity contribution in [3.8, 4) is 0 Å². The Labute approximate surface area is 179 Å². The minimum absolute atomic E-state index is 0.00366. The third kappa shape index (κ3) is 4.31. The summed E-state index contributed by atoms with van der Waals surface area (Å²) in [6.45, 7) is 3.49. The van der Waals surface area contributed by atoms with Crippen molar-refractivity contribution in [2.24, 2.45) is 0 Å². The molecule has 0 aliphatic carbocycles. The second-order valence-electron chi connectivity index (χ2n) is 6.31. The van der Waals surface area contributed by atoms with Crippen molar-refractivity contribution in [3.63, 3.8) is 0 Å². The molecule has 0 aromatic heterocycles. The van der Waals surface area contributed by atoms with Gasteiger partial charge < -0.3 is 14.8 Å². The number of hydrogen-bond acceptors (Lipinski definition) is 5. The van der Waals surface area contributed by atoms with Gasteiger partial charge >= 0.3 is 18.0 Å². The predicted molar refractivity (Wildman–Crippen MR) is 112 cm³/mol. The van der Waals surface area contributed by atoms with Gasteiger partial charge in [-0.05, 0) is 43.7 Å². The van der Waals surface area contributed by atoms with Crippen LogP contribution < -0.4 is 10.2 Å². The third-order valence-corrected chi connectivity index (χ3v) is 4.67. The van der Waals surface area contributed by atoms with Crippen molar-refractivity contribution in [3.05, 3.63) is 76.5 Å². The van der Waals surface area contributed by atoms with E-state index in [0.717, 1.165) is 4.90 Å². The first-order valence-corrected chi connectivity index (χ1v) is 9.85. The van der Waals surface area contributed by atoms with Crippen LogP contribution in [0.3, 0.4) is 0 Å². The quantitative estimate of drug-likeness (QED) is 0.703. The first-order chi connectivity index (χ1) is 14.5. The van der Waals surface area contributed by atoms with Crippen LogP contribution in [-0.4, -0.2) is 31.2 Å². The van der Waals surface area contributed by atoms with E-state index in [1.807, 2.05) is 6.07 Å². The number of nitrogens with one attached hydrogen (secondary N) is 1. The number of benzene rings is 2. The Morgan fingerprint density at radius 2 is 1.57 bits per heavy atom. The highest BCUT2D eigenvalue weighted by Crippen LogP contribution is 2.35. The molecule has 30 heavy (non-hydrogen) atoms. The number of ether oxygens (including phenoxy) is 2. The number of esters is 2. The molecule has 2 aromatic carbocycles. The highest BCUT2D eigenvalue weighted by molar-refractivity contribution is 6.30. The van der Waals surface area contributed by atoms with Crippen LogP contribution in [0.15, 0.2) is 65.9 Å². The van der Waals surface area contributed by atoms with Crippen molar-refractivity contribution < 1.29 is 23.9 Å². The molecule has 3 rings (SSSR count). The summed E-state index contributed by atoms with van der Waals surface area (Å²) in [4.78, 5) is 40.1. The first kappa shape index (κ1) is 21.4. The van der Waals surface area contributed by atoms with Gasteiger partial charge in [-0.3, -0.25) is 4.90 Å². The van der Waals surface area contributed by atoms with E-state index in [1.54, 1.807) is 62.4 Å². The number of carbonyl (C=O) groups is 3. The fourth-order valence-electron chi connectivity index (χ4n) is 3.17.